The Morgan fingerprint density at radius 2 is 2.00 bits per heavy atom. The smallest absolute Gasteiger partial charge is 0.293 e. The zero-order valence-electron chi connectivity index (χ0n) is 13.6. The maximum absolute atomic E-state index is 12.5. The van der Waals surface area contributed by atoms with Crippen molar-refractivity contribution in [2.24, 2.45) is 11.7 Å². The molecule has 0 saturated carbocycles. The first-order valence-electron chi connectivity index (χ1n) is 7.54. The van der Waals surface area contributed by atoms with Crippen molar-refractivity contribution < 1.29 is 14.0 Å². The van der Waals surface area contributed by atoms with E-state index in [2.05, 4.69) is 21.2 Å². The highest BCUT2D eigenvalue weighted by Gasteiger charge is 2.21. The number of anilines is 1. The average Bonchev–Trinajstić information content (AvgIpc) is 3.04. The Morgan fingerprint density at radius 3 is 2.62 bits per heavy atom. The fraction of sp³-hybridized carbons (Fsp3) is 0.294. The summed E-state index contributed by atoms with van der Waals surface area (Å²) in [4.78, 5) is 26.3. The van der Waals surface area contributed by atoms with E-state index < -0.39 is 0 Å². The number of benzene rings is 1. The van der Waals surface area contributed by atoms with Crippen LogP contribution in [0.4, 0.5) is 5.69 Å². The molecule has 1 unspecified atom stereocenters. The largest absolute Gasteiger partial charge is 0.444 e. The lowest BCUT2D eigenvalue weighted by Gasteiger charge is -2.20. The third-order valence-corrected chi connectivity index (χ3v) is 4.04. The average molecular weight is 394 g/mol. The van der Waals surface area contributed by atoms with Crippen LogP contribution >= 0.6 is 15.9 Å². The van der Waals surface area contributed by atoms with Crippen LogP contribution < -0.4 is 16.0 Å². The number of nitrogens with two attached hydrogens (primary N) is 1. The molecular formula is C17H20BrN3O3. The highest BCUT2D eigenvalue weighted by molar-refractivity contribution is 9.10. The Balaban J connectivity index is 2.21. The highest BCUT2D eigenvalue weighted by atomic mass is 79.9. The Bertz CT molecular complexity index is 729. The van der Waals surface area contributed by atoms with Crippen LogP contribution in [0, 0.1) is 5.92 Å². The van der Waals surface area contributed by atoms with E-state index >= 15 is 0 Å². The van der Waals surface area contributed by atoms with Crippen molar-refractivity contribution >= 4 is 33.4 Å². The van der Waals surface area contributed by atoms with Crippen LogP contribution in [-0.4, -0.2) is 32.0 Å². The van der Waals surface area contributed by atoms with E-state index in [4.69, 9.17) is 10.2 Å². The second kappa shape index (κ2) is 8.12. The maximum atomic E-state index is 12.5. The van der Waals surface area contributed by atoms with Crippen LogP contribution in [0.5, 0.6) is 0 Å². The first kappa shape index (κ1) is 18.2. The minimum absolute atomic E-state index is 0.181. The molecule has 0 aliphatic carbocycles. The van der Waals surface area contributed by atoms with Crippen LogP contribution in [0.1, 0.15) is 27.8 Å². The van der Waals surface area contributed by atoms with E-state index in [0.717, 1.165) is 0 Å². The van der Waals surface area contributed by atoms with Gasteiger partial charge in [0.25, 0.3) is 11.8 Å². The van der Waals surface area contributed by atoms with Crippen LogP contribution in [0.15, 0.2) is 45.5 Å². The lowest BCUT2D eigenvalue weighted by molar-refractivity contribution is 0.0948. The van der Waals surface area contributed by atoms with E-state index in [-0.39, 0.29) is 23.5 Å². The number of amides is 2. The van der Waals surface area contributed by atoms with Gasteiger partial charge in [0, 0.05) is 13.6 Å². The molecule has 7 heteroatoms. The van der Waals surface area contributed by atoms with Crippen molar-refractivity contribution in [1.82, 2.24) is 5.32 Å². The number of rotatable bonds is 6. The van der Waals surface area contributed by atoms with Gasteiger partial charge in [-0.1, -0.05) is 19.1 Å². The summed E-state index contributed by atoms with van der Waals surface area (Å²) >= 11 is 3.17. The first-order valence-corrected chi connectivity index (χ1v) is 8.34. The molecule has 0 aliphatic rings. The molecule has 1 heterocycles. The molecule has 1 atom stereocenters. The molecule has 128 valence electrons. The normalized spacial score (nSPS) is 11.8. The summed E-state index contributed by atoms with van der Waals surface area (Å²) in [5, 5.41) is 2.84. The number of furan rings is 1. The van der Waals surface area contributed by atoms with Gasteiger partial charge in [0.1, 0.15) is 0 Å². The minimum Gasteiger partial charge on any atom is -0.444 e. The van der Waals surface area contributed by atoms with Crippen LogP contribution in [0.25, 0.3) is 0 Å². The zero-order valence-corrected chi connectivity index (χ0v) is 15.2. The van der Waals surface area contributed by atoms with Gasteiger partial charge in [0.05, 0.1) is 11.3 Å². The fourth-order valence-electron chi connectivity index (χ4n) is 2.11. The van der Waals surface area contributed by atoms with Crippen molar-refractivity contribution in [1.29, 1.82) is 0 Å². The number of halogens is 1. The molecule has 6 nitrogen and oxygen atoms in total. The Kier molecular flexibility index (Phi) is 6.16. The summed E-state index contributed by atoms with van der Waals surface area (Å²) in [7, 11) is 1.60. The summed E-state index contributed by atoms with van der Waals surface area (Å²) in [6, 6.07) is 10.2. The predicted molar refractivity (Wildman–Crippen MR) is 96.1 cm³/mol. The van der Waals surface area contributed by atoms with Crippen LogP contribution in [0.3, 0.4) is 0 Å². The van der Waals surface area contributed by atoms with Crippen molar-refractivity contribution in [2.75, 3.05) is 25.0 Å². The number of carbonyl (C=O) groups excluding carboxylic acids is 2. The van der Waals surface area contributed by atoms with Crippen LogP contribution in [-0.2, 0) is 0 Å². The topological polar surface area (TPSA) is 88.6 Å². The monoisotopic (exact) mass is 393 g/mol. The van der Waals surface area contributed by atoms with Crippen LogP contribution in [0.2, 0.25) is 0 Å². The highest BCUT2D eigenvalue weighted by Crippen LogP contribution is 2.23. The van der Waals surface area contributed by atoms with Gasteiger partial charge in [-0.25, -0.2) is 0 Å². The van der Waals surface area contributed by atoms with Crippen molar-refractivity contribution in [2.45, 2.75) is 6.92 Å². The lowest BCUT2D eigenvalue weighted by Crippen LogP contribution is -2.33. The second-order valence-corrected chi connectivity index (χ2v) is 6.32. The van der Waals surface area contributed by atoms with Gasteiger partial charge in [0.15, 0.2) is 10.4 Å². The molecule has 2 aromatic rings. The molecule has 2 rings (SSSR count). The molecule has 3 N–H and O–H groups in total. The molecule has 24 heavy (non-hydrogen) atoms. The fourth-order valence-corrected chi connectivity index (χ4v) is 2.41. The van der Waals surface area contributed by atoms with Gasteiger partial charge < -0.3 is 20.4 Å². The van der Waals surface area contributed by atoms with E-state index in [1.165, 1.54) is 4.90 Å². The Morgan fingerprint density at radius 1 is 1.29 bits per heavy atom. The number of hydrogen-bond donors (Lipinski definition) is 2. The van der Waals surface area contributed by atoms with E-state index in [1.54, 1.807) is 43.4 Å². The van der Waals surface area contributed by atoms with Gasteiger partial charge in [-0.05, 0) is 52.7 Å². The number of nitrogens with one attached hydrogen (secondary N) is 1. The molecular weight excluding hydrogens is 374 g/mol. The predicted octanol–water partition coefficient (Wildman–Crippen LogP) is 2.64. The van der Waals surface area contributed by atoms with E-state index in [1.807, 2.05) is 6.92 Å². The second-order valence-electron chi connectivity index (χ2n) is 5.54. The number of para-hydroxylation sites is 1. The quantitative estimate of drug-likeness (QED) is 0.789. The lowest BCUT2D eigenvalue weighted by atomic mass is 10.1. The summed E-state index contributed by atoms with van der Waals surface area (Å²) in [6.07, 6.45) is 0. The van der Waals surface area contributed by atoms with Gasteiger partial charge in [-0.15, -0.1) is 0 Å². The zero-order chi connectivity index (χ0) is 17.7. The molecule has 0 radical (unpaired) electrons. The summed E-state index contributed by atoms with van der Waals surface area (Å²) in [5.74, 6) is -0.209. The third-order valence-electron chi connectivity index (χ3n) is 3.61. The molecule has 0 spiro atoms. The number of carbonyl (C=O) groups is 2. The number of nitrogens with zero attached hydrogens (tertiary/aromatic N) is 1. The summed E-state index contributed by atoms with van der Waals surface area (Å²) < 4.78 is 5.77. The molecule has 0 aliphatic heterocycles. The summed E-state index contributed by atoms with van der Waals surface area (Å²) in [5.41, 5.74) is 6.49. The molecule has 2 amide bonds. The third kappa shape index (κ3) is 4.24. The molecule has 1 aromatic carbocycles. The SMILES string of the molecule is CC(CN)CNC(=O)c1ccccc1N(C)C(=O)c1ccc(Br)o1. The Hall–Kier alpha value is -2.12. The van der Waals surface area contributed by atoms with Gasteiger partial charge in [0.2, 0.25) is 0 Å². The molecule has 1 aromatic heterocycles. The van der Waals surface area contributed by atoms with E-state index in [9.17, 15) is 9.59 Å². The minimum atomic E-state index is -0.337. The van der Waals surface area contributed by atoms with Crippen molar-refractivity contribution in [3.63, 3.8) is 0 Å². The molecule has 0 bridgehead atoms. The van der Waals surface area contributed by atoms with Crippen molar-refractivity contribution in [3.05, 3.63) is 52.4 Å². The Labute approximate surface area is 149 Å². The van der Waals surface area contributed by atoms with E-state index in [0.29, 0.717) is 29.0 Å². The number of hydrogen-bond acceptors (Lipinski definition) is 4. The van der Waals surface area contributed by atoms with Gasteiger partial charge in [-0.3, -0.25) is 9.59 Å². The standard InChI is InChI=1S/C17H20BrN3O3/c1-11(9-19)10-20-16(22)12-5-3-4-6-13(12)21(2)17(23)14-7-8-15(18)24-14/h3-8,11H,9-10,19H2,1-2H3,(H,20,22). The summed E-state index contributed by atoms with van der Waals surface area (Å²) in [6.45, 7) is 2.93. The maximum Gasteiger partial charge on any atom is 0.293 e. The van der Waals surface area contributed by atoms with Gasteiger partial charge in [-0.2, -0.15) is 0 Å². The first-order chi connectivity index (χ1) is 11.4. The molecule has 0 fully saturated rings. The van der Waals surface area contributed by atoms with Gasteiger partial charge >= 0.3 is 0 Å². The van der Waals surface area contributed by atoms with Crippen molar-refractivity contribution in [3.8, 4) is 0 Å². The molecule has 0 saturated heterocycles.